The van der Waals surface area contributed by atoms with Gasteiger partial charge in [-0.25, -0.2) is 0 Å². The maximum absolute atomic E-state index is 11.6. The minimum absolute atomic E-state index is 0.0416. The first-order chi connectivity index (χ1) is 8.69. The molecule has 0 aromatic heterocycles. The highest BCUT2D eigenvalue weighted by molar-refractivity contribution is 5.87. The van der Waals surface area contributed by atoms with Crippen LogP contribution in [0.1, 0.15) is 34.6 Å². The summed E-state index contributed by atoms with van der Waals surface area (Å²) >= 11 is 0. The number of hydrogen-bond acceptors (Lipinski definition) is 4. The van der Waals surface area contributed by atoms with Crippen molar-refractivity contribution in [2.24, 2.45) is 11.7 Å². The van der Waals surface area contributed by atoms with Crippen LogP contribution in [0, 0.1) is 5.92 Å². The van der Waals surface area contributed by atoms with Crippen LogP contribution in [-0.2, 0) is 14.3 Å². The zero-order chi connectivity index (χ0) is 15.1. The number of carbonyl (C=O) groups is 2. The van der Waals surface area contributed by atoms with Crippen LogP contribution in [0.4, 0.5) is 0 Å². The smallest absolute Gasteiger partial charge is 0.239 e. The maximum Gasteiger partial charge on any atom is 0.239 e. The normalized spacial score (nSPS) is 13.2. The first-order valence-electron chi connectivity index (χ1n) is 6.63. The van der Waals surface area contributed by atoms with Gasteiger partial charge < -0.3 is 21.1 Å². The van der Waals surface area contributed by atoms with E-state index in [0.717, 1.165) is 0 Å². The number of nitrogens with two attached hydrogens (primary N) is 1. The molecule has 19 heavy (non-hydrogen) atoms. The lowest BCUT2D eigenvalue weighted by atomic mass is 10.1. The summed E-state index contributed by atoms with van der Waals surface area (Å²) in [6, 6.07) is -0.590. The third-order valence-corrected chi connectivity index (χ3v) is 2.69. The molecular formula is C13H27N3O3. The fraction of sp³-hybridized carbons (Fsp3) is 0.846. The summed E-state index contributed by atoms with van der Waals surface area (Å²) in [6.45, 7) is 10.3. The average molecular weight is 273 g/mol. The number of hydrogen-bond donors (Lipinski definition) is 3. The molecule has 0 bridgehead atoms. The molecule has 0 heterocycles. The van der Waals surface area contributed by atoms with E-state index in [-0.39, 0.29) is 24.3 Å². The van der Waals surface area contributed by atoms with Crippen molar-refractivity contribution >= 4 is 11.8 Å². The second kappa shape index (κ2) is 8.12. The molecule has 2 amide bonds. The molecule has 6 nitrogen and oxygen atoms in total. The largest absolute Gasteiger partial charge is 0.374 e. The summed E-state index contributed by atoms with van der Waals surface area (Å²) in [4.78, 5) is 23.1. The van der Waals surface area contributed by atoms with Crippen LogP contribution >= 0.6 is 0 Å². The summed E-state index contributed by atoms with van der Waals surface area (Å²) in [5.41, 5.74) is 5.25. The Balaban J connectivity index is 3.97. The van der Waals surface area contributed by atoms with Crippen molar-refractivity contribution in [1.29, 1.82) is 0 Å². The quantitative estimate of drug-likeness (QED) is 0.581. The Bertz CT molecular complexity index is 304. The van der Waals surface area contributed by atoms with Gasteiger partial charge in [-0.15, -0.1) is 0 Å². The number of amides is 2. The standard InChI is InChI=1S/C13H27N3O3/c1-6-19-13(4,5)8-16-10(17)7-15-12(18)11(14)9(2)3/h9,11H,6-8,14H2,1-5H3,(H,15,18)(H,16,17)/t11-/m0/s1. The van der Waals surface area contributed by atoms with Gasteiger partial charge in [0.25, 0.3) is 0 Å². The van der Waals surface area contributed by atoms with E-state index < -0.39 is 11.6 Å². The predicted molar refractivity (Wildman–Crippen MR) is 74.5 cm³/mol. The van der Waals surface area contributed by atoms with Gasteiger partial charge in [-0.3, -0.25) is 9.59 Å². The minimum Gasteiger partial charge on any atom is -0.374 e. The molecule has 0 rings (SSSR count). The van der Waals surface area contributed by atoms with Crippen LogP contribution < -0.4 is 16.4 Å². The van der Waals surface area contributed by atoms with Crippen LogP contribution in [0.2, 0.25) is 0 Å². The highest BCUT2D eigenvalue weighted by Gasteiger charge is 2.20. The number of rotatable bonds is 8. The highest BCUT2D eigenvalue weighted by atomic mass is 16.5. The topological polar surface area (TPSA) is 93.5 Å². The second-order valence-electron chi connectivity index (χ2n) is 5.46. The lowest BCUT2D eigenvalue weighted by molar-refractivity contribution is -0.128. The van der Waals surface area contributed by atoms with Crippen LogP contribution in [0.25, 0.3) is 0 Å². The molecular weight excluding hydrogens is 246 g/mol. The van der Waals surface area contributed by atoms with Gasteiger partial charge in [-0.1, -0.05) is 13.8 Å². The van der Waals surface area contributed by atoms with Gasteiger partial charge >= 0.3 is 0 Å². The first kappa shape index (κ1) is 17.9. The molecule has 0 fully saturated rings. The van der Waals surface area contributed by atoms with E-state index >= 15 is 0 Å². The van der Waals surface area contributed by atoms with Gasteiger partial charge in [0.05, 0.1) is 18.2 Å². The summed E-state index contributed by atoms with van der Waals surface area (Å²) in [7, 11) is 0. The zero-order valence-electron chi connectivity index (χ0n) is 12.6. The van der Waals surface area contributed by atoms with Crippen LogP contribution in [0.3, 0.4) is 0 Å². The summed E-state index contributed by atoms with van der Waals surface area (Å²) in [6.07, 6.45) is 0. The third-order valence-electron chi connectivity index (χ3n) is 2.69. The van der Waals surface area contributed by atoms with Gasteiger partial charge in [0.2, 0.25) is 11.8 Å². The molecule has 0 aliphatic carbocycles. The van der Waals surface area contributed by atoms with Crippen molar-refractivity contribution in [2.45, 2.75) is 46.3 Å². The van der Waals surface area contributed by atoms with Crippen molar-refractivity contribution in [3.63, 3.8) is 0 Å². The lowest BCUT2D eigenvalue weighted by Crippen LogP contribution is -2.48. The first-order valence-corrected chi connectivity index (χ1v) is 6.63. The molecule has 0 aliphatic rings. The van der Waals surface area contributed by atoms with E-state index in [1.807, 2.05) is 34.6 Å². The minimum atomic E-state index is -0.590. The van der Waals surface area contributed by atoms with Gasteiger partial charge in [0.1, 0.15) is 0 Å². The van der Waals surface area contributed by atoms with Crippen molar-refractivity contribution in [2.75, 3.05) is 19.7 Å². The molecule has 0 saturated carbocycles. The van der Waals surface area contributed by atoms with E-state index in [4.69, 9.17) is 10.5 Å². The molecule has 112 valence electrons. The van der Waals surface area contributed by atoms with Gasteiger partial charge in [-0.05, 0) is 26.7 Å². The zero-order valence-corrected chi connectivity index (χ0v) is 12.6. The lowest BCUT2D eigenvalue weighted by Gasteiger charge is -2.25. The molecule has 0 aromatic rings. The van der Waals surface area contributed by atoms with Crippen LogP contribution in [0.15, 0.2) is 0 Å². The summed E-state index contributed by atoms with van der Waals surface area (Å²) in [5.74, 6) is -0.522. The van der Waals surface area contributed by atoms with Crippen LogP contribution in [0.5, 0.6) is 0 Å². The molecule has 1 atom stereocenters. The van der Waals surface area contributed by atoms with E-state index in [9.17, 15) is 9.59 Å². The second-order valence-corrected chi connectivity index (χ2v) is 5.46. The third kappa shape index (κ3) is 7.79. The fourth-order valence-electron chi connectivity index (χ4n) is 1.40. The Labute approximate surface area is 115 Å². The SMILES string of the molecule is CCOC(C)(C)CNC(=O)CNC(=O)[C@@H](N)C(C)C. The Morgan fingerprint density at radius 3 is 2.32 bits per heavy atom. The average Bonchev–Trinajstić information content (AvgIpc) is 2.32. The Kier molecular flexibility index (Phi) is 7.63. The maximum atomic E-state index is 11.6. The summed E-state index contributed by atoms with van der Waals surface area (Å²) in [5, 5.41) is 5.23. The van der Waals surface area contributed by atoms with Crippen molar-refractivity contribution in [3.05, 3.63) is 0 Å². The predicted octanol–water partition coefficient (Wildman–Crippen LogP) is 0.0172. The Hall–Kier alpha value is -1.14. The molecule has 0 unspecified atom stereocenters. The monoisotopic (exact) mass is 273 g/mol. The molecule has 6 heteroatoms. The van der Waals surface area contributed by atoms with Gasteiger partial charge in [0, 0.05) is 13.2 Å². The van der Waals surface area contributed by atoms with E-state index in [0.29, 0.717) is 13.2 Å². The molecule has 0 aliphatic heterocycles. The number of carbonyl (C=O) groups excluding carboxylic acids is 2. The highest BCUT2D eigenvalue weighted by Crippen LogP contribution is 2.06. The number of ether oxygens (including phenoxy) is 1. The number of nitrogens with one attached hydrogen (secondary N) is 2. The fourth-order valence-corrected chi connectivity index (χ4v) is 1.40. The Morgan fingerprint density at radius 1 is 1.26 bits per heavy atom. The Morgan fingerprint density at radius 2 is 1.84 bits per heavy atom. The van der Waals surface area contributed by atoms with Gasteiger partial charge in [0.15, 0.2) is 0 Å². The van der Waals surface area contributed by atoms with E-state index in [2.05, 4.69) is 10.6 Å². The molecule has 0 spiro atoms. The van der Waals surface area contributed by atoms with Gasteiger partial charge in [-0.2, -0.15) is 0 Å². The molecule has 4 N–H and O–H groups in total. The van der Waals surface area contributed by atoms with E-state index in [1.165, 1.54) is 0 Å². The van der Waals surface area contributed by atoms with E-state index in [1.54, 1.807) is 0 Å². The summed E-state index contributed by atoms with van der Waals surface area (Å²) < 4.78 is 5.45. The molecule has 0 saturated heterocycles. The van der Waals surface area contributed by atoms with Crippen molar-refractivity contribution in [1.82, 2.24) is 10.6 Å². The van der Waals surface area contributed by atoms with Crippen LogP contribution in [-0.4, -0.2) is 43.2 Å². The molecule has 0 aromatic carbocycles. The van der Waals surface area contributed by atoms with Crippen molar-refractivity contribution < 1.29 is 14.3 Å². The van der Waals surface area contributed by atoms with Crippen molar-refractivity contribution in [3.8, 4) is 0 Å². The molecule has 0 radical (unpaired) electrons.